The van der Waals surface area contributed by atoms with Crippen molar-refractivity contribution in [2.24, 2.45) is 0 Å². The van der Waals surface area contributed by atoms with Gasteiger partial charge in [0.15, 0.2) is 4.83 Å². The lowest BCUT2D eigenvalue weighted by Gasteiger charge is -1.94. The summed E-state index contributed by atoms with van der Waals surface area (Å²) in [6, 6.07) is 0. The third-order valence-electron chi connectivity index (χ3n) is 1.58. The maximum atomic E-state index is 4.45. The van der Waals surface area contributed by atoms with Crippen LogP contribution in [-0.4, -0.2) is 15.2 Å². The molecule has 0 amide bonds. The van der Waals surface area contributed by atoms with Gasteiger partial charge < -0.3 is 0 Å². The second kappa shape index (κ2) is 2.81. The van der Waals surface area contributed by atoms with Gasteiger partial charge in [-0.2, -0.15) is 5.10 Å². The van der Waals surface area contributed by atoms with Crippen LogP contribution in [0.4, 0.5) is 0 Å². The largest absolute Gasteiger partial charge is 0.268 e. The highest BCUT2D eigenvalue weighted by molar-refractivity contribution is 9.10. The molecule has 0 aliphatic heterocycles. The second-order valence-corrected chi connectivity index (χ2v) is 4.70. The predicted octanol–water partition coefficient (Wildman–Crippen LogP) is 2.91. The van der Waals surface area contributed by atoms with Crippen molar-refractivity contribution in [3.63, 3.8) is 0 Å². The highest BCUT2D eigenvalue weighted by atomic mass is 79.9. The predicted molar refractivity (Wildman–Crippen MR) is 53.6 cm³/mol. The lowest BCUT2D eigenvalue weighted by molar-refractivity contribution is 0.856. The number of nitrogens with one attached hydrogen (secondary N) is 1. The van der Waals surface area contributed by atoms with Gasteiger partial charge in [0.25, 0.3) is 0 Å². The molecule has 0 atom stereocenters. The third kappa shape index (κ3) is 1.17. The van der Waals surface area contributed by atoms with E-state index in [0.29, 0.717) is 5.92 Å². The molecule has 0 aliphatic carbocycles. The first-order valence-electron chi connectivity index (χ1n) is 3.69. The minimum Gasteiger partial charge on any atom is -0.268 e. The van der Waals surface area contributed by atoms with Crippen molar-refractivity contribution >= 4 is 37.6 Å². The first-order valence-corrected chi connectivity index (χ1v) is 5.29. The zero-order chi connectivity index (χ0) is 8.72. The Morgan fingerprint density at radius 2 is 2.25 bits per heavy atom. The van der Waals surface area contributed by atoms with Crippen LogP contribution in [0.2, 0.25) is 0 Å². The Labute approximate surface area is 82.3 Å². The average Bonchev–Trinajstić information content (AvgIpc) is 2.53. The Bertz CT molecular complexity index is 404. The number of halogens is 1. The standard InChI is InChI=1S/C7H8BrN3S/c1-3(2)6-9-4-5(8)10-11-7(4)12-6/h3H,1-2H3,(H,10,11). The van der Waals surface area contributed by atoms with Gasteiger partial charge in [-0.3, -0.25) is 5.10 Å². The molecule has 0 aliphatic rings. The molecule has 0 saturated heterocycles. The fourth-order valence-corrected chi connectivity index (χ4v) is 2.35. The zero-order valence-electron chi connectivity index (χ0n) is 6.76. The van der Waals surface area contributed by atoms with Crippen LogP contribution >= 0.6 is 27.3 Å². The van der Waals surface area contributed by atoms with Gasteiger partial charge in [-0.25, -0.2) is 4.98 Å². The lowest BCUT2D eigenvalue weighted by atomic mass is 10.2. The van der Waals surface area contributed by atoms with E-state index >= 15 is 0 Å². The molecular formula is C7H8BrN3S. The molecule has 0 radical (unpaired) electrons. The van der Waals surface area contributed by atoms with Gasteiger partial charge in [0.2, 0.25) is 0 Å². The fourth-order valence-electron chi connectivity index (χ4n) is 0.947. The average molecular weight is 246 g/mol. The minimum absolute atomic E-state index is 0.482. The molecule has 0 aromatic carbocycles. The van der Waals surface area contributed by atoms with Crippen LogP contribution in [0.3, 0.4) is 0 Å². The zero-order valence-corrected chi connectivity index (χ0v) is 9.16. The molecular weight excluding hydrogens is 238 g/mol. The summed E-state index contributed by atoms with van der Waals surface area (Å²) < 4.78 is 0.876. The van der Waals surface area contributed by atoms with E-state index in [2.05, 4.69) is 45.0 Å². The molecule has 0 bridgehead atoms. The maximum absolute atomic E-state index is 4.45. The Morgan fingerprint density at radius 1 is 1.50 bits per heavy atom. The smallest absolute Gasteiger partial charge is 0.166 e. The van der Waals surface area contributed by atoms with Crippen molar-refractivity contribution in [2.45, 2.75) is 19.8 Å². The van der Waals surface area contributed by atoms with Crippen LogP contribution in [0.15, 0.2) is 4.60 Å². The van der Waals surface area contributed by atoms with Gasteiger partial charge >= 0.3 is 0 Å². The van der Waals surface area contributed by atoms with Gasteiger partial charge in [0.05, 0.1) is 5.01 Å². The molecule has 2 rings (SSSR count). The molecule has 0 saturated carbocycles. The summed E-state index contributed by atoms with van der Waals surface area (Å²) in [5.74, 6) is 0.482. The molecule has 0 unspecified atom stereocenters. The number of fused-ring (bicyclic) bond motifs is 1. The van der Waals surface area contributed by atoms with Gasteiger partial charge in [-0.1, -0.05) is 25.2 Å². The minimum atomic E-state index is 0.482. The summed E-state index contributed by atoms with van der Waals surface area (Å²) >= 11 is 5.00. The van der Waals surface area contributed by atoms with Crippen LogP contribution in [0.5, 0.6) is 0 Å². The molecule has 2 aromatic heterocycles. The molecule has 2 heterocycles. The first kappa shape index (κ1) is 8.19. The second-order valence-electron chi connectivity index (χ2n) is 2.90. The number of aromatic nitrogens is 3. The van der Waals surface area contributed by atoms with E-state index in [4.69, 9.17) is 0 Å². The summed E-state index contributed by atoms with van der Waals surface area (Å²) in [6.07, 6.45) is 0. The number of hydrogen-bond donors (Lipinski definition) is 1. The quantitative estimate of drug-likeness (QED) is 0.840. The van der Waals surface area contributed by atoms with Crippen molar-refractivity contribution < 1.29 is 0 Å². The molecule has 12 heavy (non-hydrogen) atoms. The summed E-state index contributed by atoms with van der Waals surface area (Å²) in [5.41, 5.74) is 0.948. The Morgan fingerprint density at radius 3 is 2.83 bits per heavy atom. The molecule has 3 nitrogen and oxygen atoms in total. The summed E-state index contributed by atoms with van der Waals surface area (Å²) in [5, 5.41) is 8.08. The molecule has 1 N–H and O–H groups in total. The van der Waals surface area contributed by atoms with Crippen molar-refractivity contribution in [3.05, 3.63) is 9.61 Å². The molecule has 64 valence electrons. The maximum Gasteiger partial charge on any atom is 0.166 e. The van der Waals surface area contributed by atoms with Crippen LogP contribution in [-0.2, 0) is 0 Å². The van der Waals surface area contributed by atoms with E-state index in [1.165, 1.54) is 0 Å². The van der Waals surface area contributed by atoms with Crippen molar-refractivity contribution in [3.8, 4) is 0 Å². The molecule has 2 aromatic rings. The summed E-state index contributed by atoms with van der Waals surface area (Å²) in [4.78, 5) is 5.43. The van der Waals surface area contributed by atoms with E-state index < -0.39 is 0 Å². The van der Waals surface area contributed by atoms with E-state index in [1.807, 2.05) is 0 Å². The summed E-state index contributed by atoms with van der Waals surface area (Å²) in [7, 11) is 0. The normalized spacial score (nSPS) is 11.7. The highest BCUT2D eigenvalue weighted by Gasteiger charge is 2.11. The van der Waals surface area contributed by atoms with Crippen molar-refractivity contribution in [1.82, 2.24) is 15.2 Å². The van der Waals surface area contributed by atoms with Crippen LogP contribution in [0.1, 0.15) is 24.8 Å². The first-order chi connectivity index (χ1) is 5.68. The van der Waals surface area contributed by atoms with Gasteiger partial charge in [-0.05, 0) is 15.9 Å². The molecule has 5 heteroatoms. The van der Waals surface area contributed by atoms with Crippen molar-refractivity contribution in [2.75, 3.05) is 0 Å². The van der Waals surface area contributed by atoms with Gasteiger partial charge in [0, 0.05) is 5.92 Å². The number of hydrogen-bond acceptors (Lipinski definition) is 3. The molecule has 0 fully saturated rings. The Kier molecular flexibility index (Phi) is 1.92. The van der Waals surface area contributed by atoms with E-state index in [0.717, 1.165) is 20.0 Å². The summed E-state index contributed by atoms with van der Waals surface area (Å²) in [6.45, 7) is 4.27. The Hall–Kier alpha value is -0.420. The topological polar surface area (TPSA) is 41.6 Å². The Balaban J connectivity index is 2.63. The lowest BCUT2D eigenvalue weighted by Crippen LogP contribution is -1.83. The number of H-pyrrole nitrogens is 1. The van der Waals surface area contributed by atoms with Crippen LogP contribution in [0.25, 0.3) is 10.3 Å². The number of rotatable bonds is 1. The van der Waals surface area contributed by atoms with E-state index in [-0.39, 0.29) is 0 Å². The molecule has 0 spiro atoms. The van der Waals surface area contributed by atoms with Gasteiger partial charge in [-0.15, -0.1) is 0 Å². The monoisotopic (exact) mass is 245 g/mol. The SMILES string of the molecule is CC(C)c1nc2c(Br)[nH]nc2s1. The van der Waals surface area contributed by atoms with Crippen LogP contribution < -0.4 is 0 Å². The number of thiazole rings is 1. The van der Waals surface area contributed by atoms with E-state index in [1.54, 1.807) is 11.3 Å². The highest BCUT2D eigenvalue weighted by Crippen LogP contribution is 2.29. The number of nitrogens with zero attached hydrogens (tertiary/aromatic N) is 2. The third-order valence-corrected chi connectivity index (χ3v) is 3.39. The van der Waals surface area contributed by atoms with E-state index in [9.17, 15) is 0 Å². The van der Waals surface area contributed by atoms with Crippen molar-refractivity contribution in [1.29, 1.82) is 0 Å². The van der Waals surface area contributed by atoms with Gasteiger partial charge in [0.1, 0.15) is 10.1 Å². The number of aromatic amines is 1. The fraction of sp³-hybridized carbons (Fsp3) is 0.429. The van der Waals surface area contributed by atoms with Crippen LogP contribution in [0, 0.1) is 0 Å².